The molecule has 9 nitrogen and oxygen atoms in total. The zero-order valence-corrected chi connectivity index (χ0v) is 29.8. The maximum absolute atomic E-state index is 13.3. The zero-order valence-electron chi connectivity index (χ0n) is 26.8. The average molecular weight is 739 g/mol. The molecular weight excluding hydrogens is 691 g/mol. The molecule has 1 aromatic carbocycles. The fourth-order valence-corrected chi connectivity index (χ4v) is 6.52. The van der Waals surface area contributed by atoms with Gasteiger partial charge in [-0.25, -0.2) is 19.8 Å². The Hall–Kier alpha value is -2.51. The van der Waals surface area contributed by atoms with Gasteiger partial charge in [-0.15, -0.1) is 0 Å². The van der Waals surface area contributed by atoms with Crippen LogP contribution in [0.25, 0.3) is 11.0 Å². The predicted molar refractivity (Wildman–Crippen MR) is 187 cm³/mol. The summed E-state index contributed by atoms with van der Waals surface area (Å²) in [5.41, 5.74) is 1.05. The number of hydrogen-bond donors (Lipinski definition) is 2. The van der Waals surface area contributed by atoms with E-state index in [1.165, 1.54) is 6.42 Å². The van der Waals surface area contributed by atoms with Gasteiger partial charge in [0.1, 0.15) is 35.5 Å². The van der Waals surface area contributed by atoms with Gasteiger partial charge in [-0.3, -0.25) is 4.79 Å². The van der Waals surface area contributed by atoms with Gasteiger partial charge in [0.2, 0.25) is 5.91 Å². The average Bonchev–Trinajstić information content (AvgIpc) is 3.27. The summed E-state index contributed by atoms with van der Waals surface area (Å²) < 4.78 is 20.8. The van der Waals surface area contributed by atoms with Crippen molar-refractivity contribution < 1.29 is 23.8 Å². The summed E-state index contributed by atoms with van der Waals surface area (Å²) in [7, 11) is -0.605. The third-order valence-corrected chi connectivity index (χ3v) is 9.50. The van der Waals surface area contributed by atoms with Gasteiger partial charge in [0.15, 0.2) is 0 Å². The molecule has 0 radical (unpaired) electrons. The van der Waals surface area contributed by atoms with E-state index in [0.717, 1.165) is 51.6 Å². The fraction of sp³-hybridized carbons (Fsp3) is 0.545. The van der Waals surface area contributed by atoms with Crippen LogP contribution in [0.1, 0.15) is 58.4 Å². The lowest BCUT2D eigenvalue weighted by Crippen LogP contribution is -2.51. The molecule has 3 aromatic rings. The van der Waals surface area contributed by atoms with E-state index in [0.29, 0.717) is 31.3 Å². The van der Waals surface area contributed by atoms with E-state index < -0.39 is 27.8 Å². The van der Waals surface area contributed by atoms with Crippen molar-refractivity contribution >= 4 is 55.7 Å². The molecule has 242 valence electrons. The first-order chi connectivity index (χ1) is 20.8. The lowest BCUT2D eigenvalue weighted by molar-refractivity contribution is -0.124. The summed E-state index contributed by atoms with van der Waals surface area (Å²) in [6.45, 7) is 6.56. The van der Waals surface area contributed by atoms with Crippen molar-refractivity contribution in [3.05, 3.63) is 51.9 Å². The zero-order chi connectivity index (χ0) is 31.9. The summed E-state index contributed by atoms with van der Waals surface area (Å²) in [6.07, 6.45) is 15.7. The molecule has 2 aromatic heterocycles. The highest BCUT2D eigenvalue weighted by atomic mass is 127. The van der Waals surface area contributed by atoms with Gasteiger partial charge >= 0.3 is 6.09 Å². The van der Waals surface area contributed by atoms with E-state index in [2.05, 4.69) is 57.0 Å². The van der Waals surface area contributed by atoms with Gasteiger partial charge in [-0.05, 0) is 98.7 Å². The highest BCUT2D eigenvalue weighted by Gasteiger charge is 2.27. The number of fused-ring (bicyclic) bond motifs is 1. The maximum Gasteiger partial charge on any atom is 0.408 e. The van der Waals surface area contributed by atoms with Crippen LogP contribution in [0.3, 0.4) is 0 Å². The Morgan fingerprint density at radius 1 is 1.09 bits per heavy atom. The second-order valence-electron chi connectivity index (χ2n) is 13.3. The van der Waals surface area contributed by atoms with E-state index in [9.17, 15) is 9.59 Å². The van der Waals surface area contributed by atoms with Gasteiger partial charge < -0.3 is 29.4 Å². The first kappa shape index (κ1) is 34.4. The van der Waals surface area contributed by atoms with Crippen LogP contribution in [-0.4, -0.2) is 70.4 Å². The maximum atomic E-state index is 13.3. The number of hydrogen-bond acceptors (Lipinski definition) is 6. The highest BCUT2D eigenvalue weighted by Crippen LogP contribution is 2.35. The molecule has 2 N–H and O–H groups in total. The number of pyridine rings is 1. The van der Waals surface area contributed by atoms with Crippen LogP contribution in [0, 0.1) is 3.57 Å². The highest BCUT2D eigenvalue weighted by molar-refractivity contribution is 14.1. The van der Waals surface area contributed by atoms with Crippen LogP contribution in [0.4, 0.5) is 4.79 Å². The quantitative estimate of drug-likeness (QED) is 0.154. The van der Waals surface area contributed by atoms with Gasteiger partial charge in [0.05, 0.1) is 12.0 Å². The number of carbonyl (C=O) groups is 2. The Balaban J connectivity index is 1.44. The first-order valence-corrected chi connectivity index (χ1v) is 19.3. The van der Waals surface area contributed by atoms with Crippen LogP contribution in [-0.2, 0) is 27.4 Å². The number of rotatable bonds is 12. The van der Waals surface area contributed by atoms with Crippen LogP contribution in [0.2, 0.25) is 0 Å². The van der Waals surface area contributed by atoms with E-state index in [1.54, 1.807) is 27.0 Å². The standard InChI is InChI=1S/C33H47IN4O5S/c1-33(2,3)43-32(40)37-27(31(39)36-24-10-8-7-9-11-24)20-23-12-14-25(15-13-23)42-28-16-17-35-30-29(28)26(34)21-38(30)22-41-18-19-44(4,5)6/h12-17,21,24,27H,7-11,18-20,22H2,1-6H3,(H,36,39)(H,37,40)/t27-/m0/s1. The minimum atomic E-state index is -0.758. The molecule has 0 bridgehead atoms. The minimum Gasteiger partial charge on any atom is -0.457 e. The van der Waals surface area contributed by atoms with E-state index in [1.807, 2.05) is 41.1 Å². The smallest absolute Gasteiger partial charge is 0.408 e. The number of nitrogens with zero attached hydrogens (tertiary/aromatic N) is 2. The Labute approximate surface area is 276 Å². The number of nitrogens with one attached hydrogen (secondary N) is 2. The van der Waals surface area contributed by atoms with Crippen LogP contribution < -0.4 is 15.4 Å². The third-order valence-electron chi connectivity index (χ3n) is 7.29. The molecule has 0 aliphatic heterocycles. The number of ether oxygens (including phenoxy) is 3. The Bertz CT molecular complexity index is 1410. The van der Waals surface area contributed by atoms with Crippen molar-refractivity contribution in [3.8, 4) is 11.5 Å². The lowest BCUT2D eigenvalue weighted by Gasteiger charge is -2.27. The molecule has 4 rings (SSSR count). The molecule has 0 unspecified atom stereocenters. The van der Waals surface area contributed by atoms with Crippen molar-refractivity contribution in [2.24, 2.45) is 0 Å². The lowest BCUT2D eigenvalue weighted by atomic mass is 9.95. The summed E-state index contributed by atoms with van der Waals surface area (Å²) in [5.74, 6) is 2.24. The Kier molecular flexibility index (Phi) is 11.9. The molecule has 0 saturated heterocycles. The van der Waals surface area contributed by atoms with Crippen molar-refractivity contribution in [2.75, 3.05) is 31.1 Å². The molecule has 44 heavy (non-hydrogen) atoms. The Morgan fingerprint density at radius 2 is 1.80 bits per heavy atom. The fourth-order valence-electron chi connectivity index (χ4n) is 5.06. The minimum absolute atomic E-state index is 0.140. The molecule has 1 aliphatic rings. The molecule has 1 aliphatic carbocycles. The van der Waals surface area contributed by atoms with Crippen LogP contribution in [0.15, 0.2) is 42.7 Å². The Morgan fingerprint density at radius 3 is 2.45 bits per heavy atom. The van der Waals surface area contributed by atoms with E-state index in [-0.39, 0.29) is 11.9 Å². The third kappa shape index (κ3) is 10.5. The van der Waals surface area contributed by atoms with Crippen LogP contribution >= 0.6 is 32.6 Å². The second kappa shape index (κ2) is 15.2. The molecular formula is C33H47IN4O5S. The van der Waals surface area contributed by atoms with Crippen molar-refractivity contribution in [2.45, 2.75) is 83.7 Å². The largest absolute Gasteiger partial charge is 0.457 e. The topological polar surface area (TPSA) is 104 Å². The summed E-state index contributed by atoms with van der Waals surface area (Å²) in [4.78, 5) is 30.5. The normalized spacial score (nSPS) is 15.5. The SMILES string of the molecule is CC(C)(C)OC(=O)N[C@@H](Cc1ccc(Oc2ccnc3c2c(I)cn3COCCS(C)(C)C)cc1)C(=O)NC1CCCCC1. The number of halogens is 1. The van der Waals surface area contributed by atoms with Crippen molar-refractivity contribution in [1.82, 2.24) is 20.2 Å². The molecule has 0 spiro atoms. The number of amides is 2. The summed E-state index contributed by atoms with van der Waals surface area (Å²) in [5, 5.41) is 6.88. The molecule has 2 heterocycles. The van der Waals surface area contributed by atoms with Gasteiger partial charge in [0, 0.05) is 34.2 Å². The van der Waals surface area contributed by atoms with Gasteiger partial charge in [-0.2, -0.15) is 0 Å². The van der Waals surface area contributed by atoms with Crippen molar-refractivity contribution in [3.63, 3.8) is 0 Å². The number of carbonyl (C=O) groups excluding carboxylic acids is 2. The van der Waals surface area contributed by atoms with Gasteiger partial charge in [-0.1, -0.05) is 31.4 Å². The van der Waals surface area contributed by atoms with Crippen molar-refractivity contribution in [1.29, 1.82) is 0 Å². The number of aromatic nitrogens is 2. The predicted octanol–water partition coefficient (Wildman–Crippen LogP) is 6.99. The summed E-state index contributed by atoms with van der Waals surface area (Å²) >= 11 is 2.31. The van der Waals surface area contributed by atoms with E-state index in [4.69, 9.17) is 14.2 Å². The second-order valence-corrected chi connectivity index (χ2v) is 19.0. The van der Waals surface area contributed by atoms with Gasteiger partial charge in [0.25, 0.3) is 0 Å². The van der Waals surface area contributed by atoms with E-state index >= 15 is 0 Å². The molecule has 1 fully saturated rings. The summed E-state index contributed by atoms with van der Waals surface area (Å²) in [6, 6.07) is 8.86. The molecule has 11 heteroatoms. The molecule has 1 saturated carbocycles. The molecule has 2 amide bonds. The molecule has 1 atom stereocenters. The van der Waals surface area contributed by atoms with Crippen LogP contribution in [0.5, 0.6) is 11.5 Å². The number of benzene rings is 1. The first-order valence-electron chi connectivity index (χ1n) is 15.2. The monoisotopic (exact) mass is 738 g/mol. The number of alkyl carbamates (subject to hydrolysis) is 1.